The van der Waals surface area contributed by atoms with Gasteiger partial charge in [0, 0.05) is 0 Å². The van der Waals surface area contributed by atoms with E-state index in [-0.39, 0.29) is 0 Å². The smallest absolute Gasteiger partial charge is 0 e. The van der Waals surface area contributed by atoms with Crippen molar-refractivity contribution in [3.63, 3.8) is 0 Å². The molecule has 0 fully saturated rings. The Morgan fingerprint density at radius 1 is 1.19 bits per heavy atom. The Bertz CT molecular complexity index is 1060. The maximum absolute atomic E-state index is 4.70. The van der Waals surface area contributed by atoms with Gasteiger partial charge in [0.1, 0.15) is 0 Å². The van der Waals surface area contributed by atoms with Gasteiger partial charge < -0.3 is 0 Å². The number of hydrogen-bond acceptors (Lipinski definition) is 2. The Morgan fingerprint density at radius 2 is 2.07 bits per heavy atom. The Morgan fingerprint density at radius 3 is 2.93 bits per heavy atom. The number of nitrogens with zero attached hydrogens (tertiary/aromatic N) is 3. The molecule has 0 unspecified atom stereocenters. The van der Waals surface area contributed by atoms with Crippen molar-refractivity contribution in [2.75, 3.05) is 0 Å². The van der Waals surface area contributed by atoms with Gasteiger partial charge in [-0.2, -0.15) is 0 Å². The molecule has 0 atom stereocenters. The number of aromatic nitrogens is 2. The van der Waals surface area contributed by atoms with Crippen molar-refractivity contribution in [2.24, 2.45) is 4.99 Å². The van der Waals surface area contributed by atoms with Crippen molar-refractivity contribution < 1.29 is 21.2 Å². The van der Waals surface area contributed by atoms with Gasteiger partial charge in [0.15, 0.2) is 0 Å². The second-order valence-electron chi connectivity index (χ2n) is 5.97. The van der Waals surface area contributed by atoms with E-state index < -0.39 is 21.2 Å². The number of imidazole rings is 1. The summed E-state index contributed by atoms with van der Waals surface area (Å²) in [5.41, 5.74) is 4.41. The average molecular weight is 713 g/mol. The first-order valence-corrected chi connectivity index (χ1v) is 10.5. The van der Waals surface area contributed by atoms with Crippen molar-refractivity contribution in [3.8, 4) is 11.3 Å². The van der Waals surface area contributed by atoms with Crippen LogP contribution < -0.4 is 21.2 Å². The molecule has 0 saturated carbocycles. The average Bonchev–Trinajstić information content (AvgIpc) is 2.99. The standard InChI is InChI=1S/C22H18IN3.Lr/c1-3-17-8-9-19(23-21-10-7-16(2)11-12-24-21)18(14-17)22-20-6-4-5-13-26(20)15-25-22;/h3-15H,1H2,2H3;/q-2;. The molecule has 0 saturated heterocycles. The molecular formula is C22H18ILrN3-2. The van der Waals surface area contributed by atoms with Gasteiger partial charge in [-0.05, 0) is 0 Å². The van der Waals surface area contributed by atoms with Crippen LogP contribution in [-0.4, -0.2) is 13.1 Å². The zero-order chi connectivity index (χ0) is 17.9. The molecule has 1 aliphatic heterocycles. The first-order valence-electron chi connectivity index (χ1n) is 8.34. The van der Waals surface area contributed by atoms with Crippen LogP contribution in [0.5, 0.6) is 0 Å². The third-order valence-corrected chi connectivity index (χ3v) is 6.86. The molecule has 0 spiro atoms. The summed E-state index contributed by atoms with van der Waals surface area (Å²) in [5, 5.41) is 0. The number of benzene rings is 1. The molecule has 0 amide bonds. The summed E-state index contributed by atoms with van der Waals surface area (Å²) in [6.07, 6.45) is 14.0. The zero-order valence-electron chi connectivity index (χ0n) is 14.7. The van der Waals surface area contributed by atoms with Gasteiger partial charge in [-0.25, -0.2) is 0 Å². The van der Waals surface area contributed by atoms with Crippen LogP contribution in [0.15, 0.2) is 84.9 Å². The van der Waals surface area contributed by atoms with Crippen molar-refractivity contribution >= 4 is 15.3 Å². The van der Waals surface area contributed by atoms with Crippen LogP contribution in [0.3, 0.4) is 0 Å². The topological polar surface area (TPSA) is 29.7 Å². The SMILES string of the molecule is C=Cc1ccc([I-]C2=NC=C[C-](C)C=C2)c(-c2ncn3ccccc23)c1.[Lr]. The van der Waals surface area contributed by atoms with Gasteiger partial charge in [-0.3, -0.25) is 0 Å². The number of allylic oxidation sites excluding steroid dienone is 3. The third kappa shape index (κ3) is 3.67. The maximum Gasteiger partial charge on any atom is 0 e. The van der Waals surface area contributed by atoms with Gasteiger partial charge in [-0.15, -0.1) is 0 Å². The molecule has 1 aliphatic rings. The number of halogens is 1. The van der Waals surface area contributed by atoms with Crippen LogP contribution in [0.1, 0.15) is 12.5 Å². The van der Waals surface area contributed by atoms with E-state index in [2.05, 4.69) is 59.3 Å². The third-order valence-electron chi connectivity index (χ3n) is 4.14. The summed E-state index contributed by atoms with van der Waals surface area (Å²) in [5.74, 6) is 1.22. The first kappa shape index (κ1) is 18.2. The Kier molecular flexibility index (Phi) is 5.22. The molecule has 0 aliphatic carbocycles. The minimum absolute atomic E-state index is 0. The van der Waals surface area contributed by atoms with Crippen LogP contribution in [0, 0.1) is 9.49 Å². The van der Waals surface area contributed by atoms with Crippen molar-refractivity contribution in [3.05, 3.63) is 95.0 Å². The van der Waals surface area contributed by atoms with Gasteiger partial charge in [0.25, 0.3) is 0 Å². The second kappa shape index (κ2) is 7.74. The maximum atomic E-state index is 4.70. The molecule has 1 radical (unpaired) electrons. The molecule has 0 N–H and O–H groups in total. The van der Waals surface area contributed by atoms with E-state index >= 15 is 0 Å². The molecule has 2 aromatic heterocycles. The molecule has 5 heteroatoms. The molecule has 3 nitrogen and oxygen atoms in total. The molecule has 27 heavy (non-hydrogen) atoms. The molecule has 1 aromatic carbocycles. The van der Waals surface area contributed by atoms with Crippen molar-refractivity contribution in [1.82, 2.24) is 9.38 Å². The molecule has 3 aromatic rings. The molecule has 0 bridgehead atoms. The Labute approximate surface area is 163 Å². The zero-order valence-corrected chi connectivity index (χ0v) is 19.0. The van der Waals surface area contributed by atoms with E-state index in [4.69, 9.17) is 4.98 Å². The number of aliphatic imine (C=N–C) groups is 1. The minimum Gasteiger partial charge on any atom is 0 e. The van der Waals surface area contributed by atoms with Crippen molar-refractivity contribution in [1.29, 1.82) is 0 Å². The summed E-state index contributed by atoms with van der Waals surface area (Å²) >= 11 is -0.419. The van der Waals surface area contributed by atoms with Gasteiger partial charge in [-0.1, -0.05) is 0 Å². The molecule has 4 rings (SSSR count). The number of fused-ring (bicyclic) bond motifs is 1. The quantitative estimate of drug-likeness (QED) is 0.301. The number of rotatable bonds is 4. The van der Waals surface area contributed by atoms with Gasteiger partial charge in [0.2, 0.25) is 0 Å². The summed E-state index contributed by atoms with van der Waals surface area (Å²) < 4.78 is 4.52. The van der Waals surface area contributed by atoms with Crippen LogP contribution >= 0.6 is 0 Å². The number of hydrogen-bond donors (Lipinski definition) is 0. The van der Waals surface area contributed by atoms with E-state index in [1.807, 2.05) is 43.0 Å². The fourth-order valence-electron chi connectivity index (χ4n) is 2.77. The van der Waals surface area contributed by atoms with Crippen LogP contribution in [0.25, 0.3) is 22.9 Å². The predicted octanol–water partition coefficient (Wildman–Crippen LogP) is 1.98. The monoisotopic (exact) mass is 713 g/mol. The molecular weight excluding hydrogens is 695 g/mol. The fourth-order valence-corrected chi connectivity index (χ4v) is 5.09. The summed E-state index contributed by atoms with van der Waals surface area (Å²) in [4.78, 5) is 9.32. The summed E-state index contributed by atoms with van der Waals surface area (Å²) in [6.45, 7) is 6.01. The van der Waals surface area contributed by atoms with Crippen molar-refractivity contribution in [2.45, 2.75) is 6.92 Å². The summed E-state index contributed by atoms with van der Waals surface area (Å²) in [7, 11) is 0. The van der Waals surface area contributed by atoms with Gasteiger partial charge >= 0.3 is 164 Å². The van der Waals surface area contributed by atoms with Crippen LogP contribution in [0.4, 0.5) is 0 Å². The second-order valence-corrected chi connectivity index (χ2v) is 8.78. The first-order chi connectivity index (χ1) is 12.7. The number of pyridine rings is 1. The molecule has 3 heterocycles. The van der Waals surface area contributed by atoms with Gasteiger partial charge in [0.05, 0.1) is 0 Å². The van der Waals surface area contributed by atoms with E-state index in [1.54, 1.807) is 0 Å². The van der Waals surface area contributed by atoms with Crippen LogP contribution in [-0.2, 0) is 0 Å². The largest absolute Gasteiger partial charge is 0 e. The predicted molar refractivity (Wildman–Crippen MR) is 104 cm³/mol. The Hall–Kier alpha value is -3.60. The summed E-state index contributed by atoms with van der Waals surface area (Å²) in [6, 6.07) is 12.7. The van der Waals surface area contributed by atoms with Crippen LogP contribution in [0.2, 0.25) is 0 Å². The Balaban J connectivity index is 0.00000210. The van der Waals surface area contributed by atoms with E-state index in [0.717, 1.165) is 20.5 Å². The van der Waals surface area contributed by atoms with E-state index in [0.29, 0.717) is 0 Å². The van der Waals surface area contributed by atoms with E-state index in [1.165, 1.54) is 15.1 Å². The fraction of sp³-hybridized carbons (Fsp3) is 0.0455. The minimum atomic E-state index is -0.419. The normalized spacial score (nSPS) is 13.4. The van der Waals surface area contributed by atoms with E-state index in [9.17, 15) is 0 Å². The molecule has 145 valence electrons.